The number of nitrogens with zero attached hydrogens (tertiary/aromatic N) is 1. The number of benzene rings is 4. The molecule has 4 aromatic carbocycles. The lowest BCUT2D eigenvalue weighted by Crippen LogP contribution is -2.46. The van der Waals surface area contributed by atoms with Crippen molar-refractivity contribution in [1.82, 2.24) is 0 Å². The van der Waals surface area contributed by atoms with Crippen molar-refractivity contribution in [1.29, 1.82) is 0 Å². The number of rotatable bonds is 11. The summed E-state index contributed by atoms with van der Waals surface area (Å²) in [5.41, 5.74) is 1.16. The third-order valence-electron chi connectivity index (χ3n) is 5.66. The molecule has 4 aromatic rings. The molecule has 0 saturated heterocycles. The van der Waals surface area contributed by atoms with Crippen LogP contribution in [-0.2, 0) is 13.3 Å². The minimum atomic E-state index is -2.59. The van der Waals surface area contributed by atoms with Crippen molar-refractivity contribution in [2.75, 3.05) is 26.4 Å². The Balaban J connectivity index is 1.53. The maximum Gasteiger partial charge on any atom is 0.500 e. The molecule has 0 saturated carbocycles. The minimum Gasteiger partial charge on any atom is -0.374 e. The van der Waals surface area contributed by atoms with Gasteiger partial charge in [-0.2, -0.15) is 0 Å². The Labute approximate surface area is 185 Å². The topological polar surface area (TPSA) is 40.0 Å². The summed E-state index contributed by atoms with van der Waals surface area (Å²) in [5.74, 6) is 0. The normalized spacial score (nSPS) is 12.7. The van der Waals surface area contributed by atoms with E-state index in [0.717, 1.165) is 24.6 Å². The molecule has 4 nitrogen and oxygen atoms in total. The largest absolute Gasteiger partial charge is 0.500 e. The zero-order chi connectivity index (χ0) is 21.7. The van der Waals surface area contributed by atoms with Crippen LogP contribution < -0.4 is 0 Å². The van der Waals surface area contributed by atoms with Crippen molar-refractivity contribution in [2.24, 2.45) is 4.99 Å². The Hall–Kier alpha value is -2.31. The van der Waals surface area contributed by atoms with E-state index in [1.54, 1.807) is 0 Å². The van der Waals surface area contributed by atoms with Gasteiger partial charge < -0.3 is 13.3 Å². The van der Waals surface area contributed by atoms with E-state index in [0.29, 0.717) is 19.8 Å². The van der Waals surface area contributed by atoms with Crippen LogP contribution in [0.25, 0.3) is 32.3 Å². The molecule has 0 aliphatic heterocycles. The fourth-order valence-electron chi connectivity index (χ4n) is 4.42. The molecule has 0 spiro atoms. The van der Waals surface area contributed by atoms with Crippen molar-refractivity contribution in [3.63, 3.8) is 0 Å². The summed E-state index contributed by atoms with van der Waals surface area (Å²) < 4.78 is 17.8. The van der Waals surface area contributed by atoms with Crippen LogP contribution in [0, 0.1) is 0 Å². The molecule has 4 rings (SSSR count). The quantitative estimate of drug-likeness (QED) is 0.118. The van der Waals surface area contributed by atoms with Gasteiger partial charge in [0.1, 0.15) is 0 Å². The number of hydrogen-bond donors (Lipinski definition) is 0. The maximum absolute atomic E-state index is 5.94. The first kappa shape index (κ1) is 21.9. The van der Waals surface area contributed by atoms with Crippen LogP contribution >= 0.6 is 0 Å². The van der Waals surface area contributed by atoms with E-state index in [4.69, 9.17) is 18.3 Å². The fraction of sp³-hybridized carbons (Fsp3) is 0.346. The molecule has 0 radical (unpaired) electrons. The van der Waals surface area contributed by atoms with Crippen molar-refractivity contribution in [3.05, 3.63) is 60.2 Å². The molecule has 0 heterocycles. The standard InChI is InChI=1S/C26H31NO3Si/c1-4-28-31(29-5-2,30-6-3)18-8-17-27-19-23-14-13-22-12-11-20-9-7-10-21-15-16-24(23)26(22)25(20)21/h7,9-16,19H,4-6,8,17-18H2,1-3H3. The molecule has 0 fully saturated rings. The third-order valence-corrected chi connectivity index (χ3v) is 8.81. The van der Waals surface area contributed by atoms with Gasteiger partial charge in [0.2, 0.25) is 0 Å². The van der Waals surface area contributed by atoms with Gasteiger partial charge in [0.25, 0.3) is 0 Å². The summed E-state index contributed by atoms with van der Waals surface area (Å²) in [6.45, 7) is 8.53. The molecule has 0 aliphatic rings. The summed E-state index contributed by atoms with van der Waals surface area (Å²) in [4.78, 5) is 4.74. The van der Waals surface area contributed by atoms with Gasteiger partial charge in [-0.25, -0.2) is 0 Å². The highest BCUT2D eigenvalue weighted by atomic mass is 28.4. The molecule has 0 aromatic heterocycles. The highest BCUT2D eigenvalue weighted by molar-refractivity contribution is 6.60. The fourth-order valence-corrected chi connectivity index (χ4v) is 7.02. The Morgan fingerprint density at radius 2 is 1.32 bits per heavy atom. The summed E-state index contributed by atoms with van der Waals surface area (Å²) >= 11 is 0. The second kappa shape index (κ2) is 9.87. The third kappa shape index (κ3) is 4.50. The van der Waals surface area contributed by atoms with Gasteiger partial charge in [0, 0.05) is 44.2 Å². The van der Waals surface area contributed by atoms with E-state index in [2.05, 4.69) is 54.6 Å². The Kier molecular flexibility index (Phi) is 6.98. The second-order valence-corrected chi connectivity index (χ2v) is 10.4. The van der Waals surface area contributed by atoms with E-state index in [1.807, 2.05) is 27.0 Å². The molecule has 0 bridgehead atoms. The number of hydrogen-bond acceptors (Lipinski definition) is 4. The van der Waals surface area contributed by atoms with Crippen LogP contribution in [0.3, 0.4) is 0 Å². The van der Waals surface area contributed by atoms with Crippen LogP contribution in [0.2, 0.25) is 6.04 Å². The molecule has 31 heavy (non-hydrogen) atoms. The summed E-state index contributed by atoms with van der Waals surface area (Å²) in [6.07, 6.45) is 2.89. The minimum absolute atomic E-state index is 0.609. The van der Waals surface area contributed by atoms with Crippen LogP contribution in [0.1, 0.15) is 32.8 Å². The molecular weight excluding hydrogens is 402 g/mol. The SMILES string of the molecule is CCO[Si](CCCN=Cc1ccc2ccc3cccc4ccc1c2c34)(OCC)OCC. The van der Waals surface area contributed by atoms with Crippen molar-refractivity contribution in [2.45, 2.75) is 33.2 Å². The molecule has 162 valence electrons. The molecule has 0 unspecified atom stereocenters. The van der Waals surface area contributed by atoms with Crippen LogP contribution in [0.5, 0.6) is 0 Å². The average Bonchev–Trinajstić information content (AvgIpc) is 2.78. The van der Waals surface area contributed by atoms with E-state index in [1.165, 1.54) is 32.3 Å². The summed E-state index contributed by atoms with van der Waals surface area (Å²) in [5, 5.41) is 7.77. The van der Waals surface area contributed by atoms with Gasteiger partial charge in [-0.15, -0.1) is 0 Å². The van der Waals surface area contributed by atoms with Crippen LogP contribution in [0.15, 0.2) is 59.6 Å². The second-order valence-electron chi connectivity index (χ2n) is 7.63. The van der Waals surface area contributed by atoms with Gasteiger partial charge in [0.15, 0.2) is 0 Å². The first-order valence-corrected chi connectivity index (χ1v) is 13.2. The van der Waals surface area contributed by atoms with E-state index in [9.17, 15) is 0 Å². The van der Waals surface area contributed by atoms with E-state index < -0.39 is 8.80 Å². The smallest absolute Gasteiger partial charge is 0.374 e. The lowest BCUT2D eigenvalue weighted by Gasteiger charge is -2.28. The molecule has 0 atom stereocenters. The highest BCUT2D eigenvalue weighted by Gasteiger charge is 2.39. The molecular formula is C26H31NO3Si. The zero-order valence-corrected chi connectivity index (χ0v) is 19.7. The van der Waals surface area contributed by atoms with Gasteiger partial charge >= 0.3 is 8.80 Å². The molecule has 0 aliphatic carbocycles. The Bertz CT molecular complexity index is 1140. The van der Waals surface area contributed by atoms with E-state index >= 15 is 0 Å². The Morgan fingerprint density at radius 3 is 1.97 bits per heavy atom. The molecule has 5 heteroatoms. The monoisotopic (exact) mass is 433 g/mol. The summed E-state index contributed by atoms with van der Waals surface area (Å²) in [7, 11) is -2.59. The van der Waals surface area contributed by atoms with E-state index in [-0.39, 0.29) is 0 Å². The van der Waals surface area contributed by atoms with Gasteiger partial charge in [-0.1, -0.05) is 54.6 Å². The highest BCUT2D eigenvalue weighted by Crippen LogP contribution is 2.35. The van der Waals surface area contributed by atoms with Gasteiger partial charge in [-0.05, 0) is 59.5 Å². The molecule has 0 N–H and O–H groups in total. The first-order valence-electron chi connectivity index (χ1n) is 11.3. The first-order chi connectivity index (χ1) is 15.2. The lowest BCUT2D eigenvalue weighted by molar-refractivity contribution is 0.0710. The predicted octanol–water partition coefficient (Wildman–Crippen LogP) is 6.44. The predicted molar refractivity (Wildman–Crippen MR) is 133 cm³/mol. The van der Waals surface area contributed by atoms with Gasteiger partial charge in [-0.3, -0.25) is 4.99 Å². The maximum atomic E-state index is 5.94. The zero-order valence-electron chi connectivity index (χ0n) is 18.7. The summed E-state index contributed by atoms with van der Waals surface area (Å²) in [6, 6.07) is 20.5. The molecule has 0 amide bonds. The van der Waals surface area contributed by atoms with Crippen LogP contribution in [0.4, 0.5) is 0 Å². The van der Waals surface area contributed by atoms with Crippen molar-refractivity contribution < 1.29 is 13.3 Å². The van der Waals surface area contributed by atoms with Crippen molar-refractivity contribution in [3.8, 4) is 0 Å². The van der Waals surface area contributed by atoms with Gasteiger partial charge in [0.05, 0.1) is 0 Å². The Morgan fingerprint density at radius 1 is 0.742 bits per heavy atom. The van der Waals surface area contributed by atoms with Crippen molar-refractivity contribution >= 4 is 47.3 Å². The lowest BCUT2D eigenvalue weighted by atomic mass is 9.92. The van der Waals surface area contributed by atoms with Crippen LogP contribution in [-0.4, -0.2) is 41.4 Å². The average molecular weight is 434 g/mol. The number of aliphatic imine (C=N–C) groups is 1.